The lowest BCUT2D eigenvalue weighted by molar-refractivity contribution is 0.275. The molecule has 3 N–H and O–H groups in total. The van der Waals surface area contributed by atoms with Crippen LogP contribution in [0.4, 0.5) is 5.69 Å². The number of anilines is 1. The standard InChI is InChI=1S/C19H24N2O3/c1-5-15(10-22)21-17-9-14(4)20-19(16(17)11-23)24-18-12(2)7-6-8-13(18)3/h6-10,22-23H,5,11H2,1-4H3,(H,20,21). The molecule has 5 heteroatoms. The van der Waals surface area contributed by atoms with Crippen molar-refractivity contribution in [3.05, 3.63) is 58.6 Å². The molecule has 2 aromatic rings. The Morgan fingerprint density at radius 3 is 2.46 bits per heavy atom. The average molecular weight is 328 g/mol. The molecule has 128 valence electrons. The van der Waals surface area contributed by atoms with Gasteiger partial charge < -0.3 is 20.3 Å². The lowest BCUT2D eigenvalue weighted by Crippen LogP contribution is -2.06. The van der Waals surface area contributed by atoms with Crippen LogP contribution in [0.15, 0.2) is 36.2 Å². The van der Waals surface area contributed by atoms with Crippen molar-refractivity contribution < 1.29 is 14.9 Å². The fourth-order valence-electron chi connectivity index (χ4n) is 2.46. The number of hydrogen-bond acceptors (Lipinski definition) is 5. The maximum atomic E-state index is 9.82. The van der Waals surface area contributed by atoms with Crippen LogP contribution < -0.4 is 10.1 Å². The molecule has 0 radical (unpaired) electrons. The number of nitrogens with one attached hydrogen (secondary N) is 1. The highest BCUT2D eigenvalue weighted by Gasteiger charge is 2.15. The Labute approximate surface area is 142 Å². The first kappa shape index (κ1) is 17.8. The molecule has 0 aliphatic carbocycles. The van der Waals surface area contributed by atoms with Crippen molar-refractivity contribution in [2.45, 2.75) is 40.7 Å². The Hall–Kier alpha value is -2.53. The molecule has 0 atom stereocenters. The molecule has 0 saturated carbocycles. The second kappa shape index (κ2) is 7.84. The van der Waals surface area contributed by atoms with Crippen LogP contribution in [0.3, 0.4) is 0 Å². The summed E-state index contributed by atoms with van der Waals surface area (Å²) in [5.74, 6) is 1.11. The second-order valence-corrected chi connectivity index (χ2v) is 5.71. The minimum absolute atomic E-state index is 0.224. The number of allylic oxidation sites excluding steroid dienone is 1. The number of pyridine rings is 1. The zero-order chi connectivity index (χ0) is 17.7. The Morgan fingerprint density at radius 2 is 1.92 bits per heavy atom. The van der Waals surface area contributed by atoms with Gasteiger partial charge in [0.1, 0.15) is 5.75 Å². The number of ether oxygens (including phenoxy) is 1. The maximum Gasteiger partial charge on any atom is 0.227 e. The predicted molar refractivity (Wildman–Crippen MR) is 95.5 cm³/mol. The third-order valence-corrected chi connectivity index (χ3v) is 3.81. The Bertz CT molecular complexity index is 734. The van der Waals surface area contributed by atoms with Gasteiger partial charge in [0.2, 0.25) is 5.88 Å². The van der Waals surface area contributed by atoms with E-state index in [0.29, 0.717) is 29.2 Å². The first-order valence-electron chi connectivity index (χ1n) is 7.95. The third kappa shape index (κ3) is 3.86. The second-order valence-electron chi connectivity index (χ2n) is 5.71. The van der Waals surface area contributed by atoms with Gasteiger partial charge in [0.05, 0.1) is 24.1 Å². The van der Waals surface area contributed by atoms with Gasteiger partial charge in [0, 0.05) is 11.4 Å². The monoisotopic (exact) mass is 328 g/mol. The van der Waals surface area contributed by atoms with E-state index in [-0.39, 0.29) is 6.61 Å². The van der Waals surface area contributed by atoms with E-state index in [9.17, 15) is 10.2 Å². The molecule has 1 aromatic heterocycles. The highest BCUT2D eigenvalue weighted by Crippen LogP contribution is 2.33. The summed E-state index contributed by atoms with van der Waals surface area (Å²) < 4.78 is 6.04. The van der Waals surface area contributed by atoms with Crippen molar-refractivity contribution >= 4 is 5.69 Å². The summed E-state index contributed by atoms with van der Waals surface area (Å²) in [5, 5.41) is 22.2. The van der Waals surface area contributed by atoms with E-state index in [1.807, 2.05) is 52.0 Å². The lowest BCUT2D eigenvalue weighted by Gasteiger charge is -2.18. The van der Waals surface area contributed by atoms with E-state index >= 15 is 0 Å². The van der Waals surface area contributed by atoms with Crippen LogP contribution in [-0.2, 0) is 6.61 Å². The SMILES string of the molecule is CCC(=CO)Nc1cc(C)nc(Oc2c(C)cccc2C)c1CO. The molecule has 0 amide bonds. The van der Waals surface area contributed by atoms with Crippen molar-refractivity contribution in [3.63, 3.8) is 0 Å². The van der Waals surface area contributed by atoms with Crippen molar-refractivity contribution in [3.8, 4) is 11.6 Å². The minimum atomic E-state index is -0.224. The summed E-state index contributed by atoms with van der Waals surface area (Å²) in [7, 11) is 0. The van der Waals surface area contributed by atoms with Crippen LogP contribution >= 0.6 is 0 Å². The molecule has 0 fully saturated rings. The Balaban J connectivity index is 2.48. The third-order valence-electron chi connectivity index (χ3n) is 3.81. The molecular weight excluding hydrogens is 304 g/mol. The van der Waals surface area contributed by atoms with Gasteiger partial charge in [-0.2, -0.15) is 0 Å². The Kier molecular flexibility index (Phi) is 5.82. The Morgan fingerprint density at radius 1 is 1.25 bits per heavy atom. The van der Waals surface area contributed by atoms with Gasteiger partial charge in [-0.25, -0.2) is 4.98 Å². The summed E-state index contributed by atoms with van der Waals surface area (Å²) in [6.07, 6.45) is 1.67. The van der Waals surface area contributed by atoms with Gasteiger partial charge in [-0.3, -0.25) is 0 Å². The highest BCUT2D eigenvalue weighted by atomic mass is 16.5. The molecule has 0 saturated heterocycles. The molecule has 1 heterocycles. The number of para-hydroxylation sites is 1. The van der Waals surface area contributed by atoms with Gasteiger partial charge in [0.25, 0.3) is 0 Å². The normalized spacial score (nSPS) is 11.5. The molecule has 0 aliphatic heterocycles. The minimum Gasteiger partial charge on any atom is -0.514 e. The molecule has 0 bridgehead atoms. The number of aromatic nitrogens is 1. The number of aliphatic hydroxyl groups is 2. The number of benzene rings is 1. The van der Waals surface area contributed by atoms with E-state index in [1.165, 1.54) is 0 Å². The summed E-state index contributed by atoms with van der Waals surface area (Å²) in [6, 6.07) is 7.74. The smallest absolute Gasteiger partial charge is 0.227 e. The number of hydrogen-bond donors (Lipinski definition) is 3. The van der Waals surface area contributed by atoms with Crippen LogP contribution in [0.5, 0.6) is 11.6 Å². The van der Waals surface area contributed by atoms with Crippen molar-refractivity contribution in [1.29, 1.82) is 0 Å². The van der Waals surface area contributed by atoms with Crippen LogP contribution in [0, 0.1) is 20.8 Å². The molecule has 5 nitrogen and oxygen atoms in total. The fourth-order valence-corrected chi connectivity index (χ4v) is 2.46. The summed E-state index contributed by atoms with van der Waals surface area (Å²) in [5.41, 5.74) is 4.63. The molecular formula is C19H24N2O3. The van der Waals surface area contributed by atoms with Crippen LogP contribution in [-0.4, -0.2) is 15.2 Å². The van der Waals surface area contributed by atoms with Crippen molar-refractivity contribution in [2.75, 3.05) is 5.32 Å². The van der Waals surface area contributed by atoms with Crippen LogP contribution in [0.1, 0.15) is 35.7 Å². The number of aliphatic hydroxyl groups excluding tert-OH is 2. The lowest BCUT2D eigenvalue weighted by atomic mass is 10.1. The number of aryl methyl sites for hydroxylation is 3. The van der Waals surface area contributed by atoms with E-state index < -0.39 is 0 Å². The van der Waals surface area contributed by atoms with Crippen molar-refractivity contribution in [1.82, 2.24) is 4.98 Å². The van der Waals surface area contributed by atoms with Gasteiger partial charge in [-0.15, -0.1) is 0 Å². The topological polar surface area (TPSA) is 74.6 Å². The predicted octanol–water partition coefficient (Wildman–Crippen LogP) is 4.51. The summed E-state index contributed by atoms with van der Waals surface area (Å²) >= 11 is 0. The van der Waals surface area contributed by atoms with Gasteiger partial charge in [0.15, 0.2) is 0 Å². The van der Waals surface area contributed by atoms with E-state index in [1.54, 1.807) is 0 Å². The maximum absolute atomic E-state index is 9.82. The molecule has 0 unspecified atom stereocenters. The highest BCUT2D eigenvalue weighted by molar-refractivity contribution is 5.59. The number of nitrogens with zero attached hydrogens (tertiary/aromatic N) is 1. The van der Waals surface area contributed by atoms with Gasteiger partial charge in [-0.1, -0.05) is 25.1 Å². The quantitative estimate of drug-likeness (QED) is 0.680. The zero-order valence-electron chi connectivity index (χ0n) is 14.6. The zero-order valence-corrected chi connectivity index (χ0v) is 14.6. The molecule has 1 aromatic carbocycles. The van der Waals surface area contributed by atoms with Crippen LogP contribution in [0.25, 0.3) is 0 Å². The average Bonchev–Trinajstić information content (AvgIpc) is 2.55. The first-order chi connectivity index (χ1) is 11.5. The summed E-state index contributed by atoms with van der Waals surface area (Å²) in [4.78, 5) is 4.44. The molecule has 24 heavy (non-hydrogen) atoms. The largest absolute Gasteiger partial charge is 0.514 e. The molecule has 0 aliphatic rings. The van der Waals surface area contributed by atoms with Crippen molar-refractivity contribution in [2.24, 2.45) is 0 Å². The van der Waals surface area contributed by atoms with Gasteiger partial charge in [-0.05, 0) is 44.4 Å². The van der Waals surface area contributed by atoms with Gasteiger partial charge >= 0.3 is 0 Å². The van der Waals surface area contributed by atoms with E-state index in [4.69, 9.17) is 4.74 Å². The summed E-state index contributed by atoms with van der Waals surface area (Å²) in [6.45, 7) is 7.51. The van der Waals surface area contributed by atoms with E-state index in [2.05, 4.69) is 10.3 Å². The number of rotatable bonds is 6. The van der Waals surface area contributed by atoms with E-state index in [0.717, 1.165) is 28.8 Å². The first-order valence-corrected chi connectivity index (χ1v) is 7.95. The fraction of sp³-hybridized carbons (Fsp3) is 0.316. The van der Waals surface area contributed by atoms with Crippen LogP contribution in [0.2, 0.25) is 0 Å². The molecule has 0 spiro atoms. The molecule has 2 rings (SSSR count).